The molecular weight excluding hydrogens is 421 g/mol. The van der Waals surface area contributed by atoms with Gasteiger partial charge in [-0.1, -0.05) is 18.2 Å². The molecule has 6 nitrogen and oxygen atoms in total. The Morgan fingerprint density at radius 3 is 2.71 bits per heavy atom. The molecule has 2 aromatic carbocycles. The van der Waals surface area contributed by atoms with Crippen LogP contribution in [0.3, 0.4) is 0 Å². The van der Waals surface area contributed by atoms with Gasteiger partial charge in [-0.25, -0.2) is 0 Å². The van der Waals surface area contributed by atoms with Crippen molar-refractivity contribution in [3.8, 4) is 11.5 Å². The van der Waals surface area contributed by atoms with Crippen LogP contribution in [0.1, 0.15) is 12.5 Å². The molecule has 126 valence electrons. The van der Waals surface area contributed by atoms with Crippen molar-refractivity contribution in [3.63, 3.8) is 0 Å². The number of hydrazone groups is 1. The number of nitrogens with zero attached hydrogens (tertiary/aromatic N) is 1. The topological polar surface area (TPSA) is 85.9 Å². The second-order valence-corrected chi connectivity index (χ2v) is 5.92. The van der Waals surface area contributed by atoms with Gasteiger partial charge in [-0.05, 0) is 59.3 Å². The van der Waals surface area contributed by atoms with Gasteiger partial charge >= 0.3 is 0 Å². The van der Waals surface area contributed by atoms with E-state index in [1.54, 1.807) is 12.3 Å². The molecule has 0 radical (unpaired) electrons. The zero-order valence-electron chi connectivity index (χ0n) is 13.2. The molecule has 0 aromatic heterocycles. The van der Waals surface area contributed by atoms with Crippen molar-refractivity contribution in [2.24, 2.45) is 10.8 Å². The van der Waals surface area contributed by atoms with Gasteiger partial charge in [0.2, 0.25) is 0 Å². The fraction of sp³-hybridized carbons (Fsp3) is 0.176. The summed E-state index contributed by atoms with van der Waals surface area (Å²) in [5.74, 6) is 0.516. The van der Waals surface area contributed by atoms with E-state index in [-0.39, 0.29) is 6.61 Å². The van der Waals surface area contributed by atoms with Crippen molar-refractivity contribution in [3.05, 3.63) is 51.6 Å². The first kappa shape index (κ1) is 18.1. The van der Waals surface area contributed by atoms with Crippen molar-refractivity contribution in [2.75, 3.05) is 18.6 Å². The maximum absolute atomic E-state index is 10.9. The number of ether oxygens (including phenoxy) is 2. The van der Waals surface area contributed by atoms with Crippen molar-refractivity contribution in [1.29, 1.82) is 0 Å². The third kappa shape index (κ3) is 5.41. The summed E-state index contributed by atoms with van der Waals surface area (Å²) >= 11 is 2.12. The van der Waals surface area contributed by atoms with Gasteiger partial charge in [0.1, 0.15) is 0 Å². The van der Waals surface area contributed by atoms with Gasteiger partial charge in [0.15, 0.2) is 18.1 Å². The Morgan fingerprint density at radius 1 is 1.29 bits per heavy atom. The Kier molecular flexibility index (Phi) is 6.86. The lowest BCUT2D eigenvalue weighted by Gasteiger charge is -2.13. The number of nitrogens with two attached hydrogens (primary N) is 1. The number of primary amides is 1. The van der Waals surface area contributed by atoms with Crippen LogP contribution in [0.5, 0.6) is 11.5 Å². The number of rotatable bonds is 8. The molecule has 3 N–H and O–H groups in total. The number of hydrogen-bond acceptors (Lipinski definition) is 5. The molecule has 0 heterocycles. The van der Waals surface area contributed by atoms with Gasteiger partial charge in [0, 0.05) is 0 Å². The van der Waals surface area contributed by atoms with Gasteiger partial charge in [-0.15, -0.1) is 0 Å². The number of carbonyl (C=O) groups is 1. The lowest BCUT2D eigenvalue weighted by Crippen LogP contribution is -2.20. The summed E-state index contributed by atoms with van der Waals surface area (Å²) in [5, 5.41) is 4.21. The first-order valence-electron chi connectivity index (χ1n) is 7.31. The summed E-state index contributed by atoms with van der Waals surface area (Å²) in [7, 11) is 0. The van der Waals surface area contributed by atoms with Gasteiger partial charge < -0.3 is 15.2 Å². The van der Waals surface area contributed by atoms with Crippen LogP contribution >= 0.6 is 22.6 Å². The van der Waals surface area contributed by atoms with E-state index in [4.69, 9.17) is 15.2 Å². The van der Waals surface area contributed by atoms with Gasteiger partial charge in [0.25, 0.3) is 5.91 Å². The molecule has 0 aliphatic rings. The van der Waals surface area contributed by atoms with E-state index < -0.39 is 5.91 Å². The van der Waals surface area contributed by atoms with Crippen LogP contribution in [0.25, 0.3) is 0 Å². The normalized spacial score (nSPS) is 10.6. The van der Waals surface area contributed by atoms with Gasteiger partial charge in [-0.2, -0.15) is 5.10 Å². The lowest BCUT2D eigenvalue weighted by molar-refractivity contribution is -0.119. The van der Waals surface area contributed by atoms with Gasteiger partial charge in [-0.3, -0.25) is 10.2 Å². The molecule has 0 spiro atoms. The van der Waals surface area contributed by atoms with Crippen LogP contribution in [0.15, 0.2) is 47.6 Å². The largest absolute Gasteiger partial charge is 0.490 e. The number of hydrogen-bond donors (Lipinski definition) is 2. The van der Waals surface area contributed by atoms with E-state index >= 15 is 0 Å². The van der Waals surface area contributed by atoms with Crippen LogP contribution in [0, 0.1) is 3.57 Å². The van der Waals surface area contributed by atoms with E-state index in [0.717, 1.165) is 14.8 Å². The highest BCUT2D eigenvalue weighted by molar-refractivity contribution is 14.1. The third-order valence-corrected chi connectivity index (χ3v) is 3.67. The molecule has 7 heteroatoms. The molecule has 0 fully saturated rings. The standard InChI is InChI=1S/C17H18IN3O3/c1-2-23-15-9-12(8-14(18)17(15)24-11-16(19)22)10-20-21-13-6-4-3-5-7-13/h3-10,21H,2,11H2,1H3,(H2,19,22). The number of halogens is 1. The van der Waals surface area contributed by atoms with Crippen LogP contribution in [-0.2, 0) is 4.79 Å². The lowest BCUT2D eigenvalue weighted by atomic mass is 10.2. The quantitative estimate of drug-likeness (QED) is 0.376. The summed E-state index contributed by atoms with van der Waals surface area (Å²) in [4.78, 5) is 10.9. The minimum Gasteiger partial charge on any atom is -0.490 e. The third-order valence-electron chi connectivity index (χ3n) is 2.87. The van der Waals surface area contributed by atoms with E-state index in [0.29, 0.717) is 18.1 Å². The van der Waals surface area contributed by atoms with Crippen molar-refractivity contribution >= 4 is 40.4 Å². The molecular formula is C17H18IN3O3. The van der Waals surface area contributed by atoms with E-state index in [2.05, 4.69) is 33.1 Å². The SMILES string of the molecule is CCOc1cc(C=NNc2ccccc2)cc(I)c1OCC(N)=O. The molecule has 0 saturated carbocycles. The molecule has 2 rings (SSSR count). The van der Waals surface area contributed by atoms with Crippen molar-refractivity contribution < 1.29 is 14.3 Å². The summed E-state index contributed by atoms with van der Waals surface area (Å²) < 4.78 is 11.8. The second-order valence-electron chi connectivity index (χ2n) is 4.75. The first-order chi connectivity index (χ1) is 11.6. The van der Waals surface area contributed by atoms with E-state index in [9.17, 15) is 4.79 Å². The number of para-hydroxylation sites is 1. The molecule has 24 heavy (non-hydrogen) atoms. The van der Waals surface area contributed by atoms with Crippen molar-refractivity contribution in [2.45, 2.75) is 6.92 Å². The summed E-state index contributed by atoms with van der Waals surface area (Å²) in [6, 6.07) is 13.3. The molecule has 0 aliphatic heterocycles. The molecule has 0 saturated heterocycles. The Morgan fingerprint density at radius 2 is 2.04 bits per heavy atom. The molecule has 1 amide bonds. The van der Waals surface area contributed by atoms with Crippen LogP contribution in [0.4, 0.5) is 5.69 Å². The number of nitrogens with one attached hydrogen (secondary N) is 1. The van der Waals surface area contributed by atoms with Crippen molar-refractivity contribution in [1.82, 2.24) is 0 Å². The Hall–Kier alpha value is -2.29. The number of carbonyl (C=O) groups excluding carboxylic acids is 1. The zero-order chi connectivity index (χ0) is 17.4. The predicted octanol–water partition coefficient (Wildman–Crippen LogP) is 3.00. The predicted molar refractivity (Wildman–Crippen MR) is 103 cm³/mol. The number of amides is 1. The maximum atomic E-state index is 10.9. The smallest absolute Gasteiger partial charge is 0.255 e. The molecule has 0 aliphatic carbocycles. The first-order valence-corrected chi connectivity index (χ1v) is 8.39. The number of benzene rings is 2. The van der Waals surface area contributed by atoms with Crippen LogP contribution in [-0.4, -0.2) is 25.3 Å². The van der Waals surface area contributed by atoms with Crippen LogP contribution in [0.2, 0.25) is 0 Å². The van der Waals surface area contributed by atoms with Gasteiger partial charge in [0.05, 0.1) is 22.1 Å². The fourth-order valence-corrected chi connectivity index (χ4v) is 2.68. The monoisotopic (exact) mass is 439 g/mol. The van der Waals surface area contributed by atoms with E-state index in [1.807, 2.05) is 43.3 Å². The fourth-order valence-electron chi connectivity index (χ4n) is 1.90. The molecule has 0 atom stereocenters. The Bertz CT molecular complexity index is 721. The Balaban J connectivity index is 2.17. The maximum Gasteiger partial charge on any atom is 0.255 e. The summed E-state index contributed by atoms with van der Waals surface area (Å²) in [5.41, 5.74) is 9.82. The van der Waals surface area contributed by atoms with E-state index in [1.165, 1.54) is 0 Å². The number of anilines is 1. The average Bonchev–Trinajstić information content (AvgIpc) is 2.55. The highest BCUT2D eigenvalue weighted by Crippen LogP contribution is 2.33. The van der Waals surface area contributed by atoms with Crippen LogP contribution < -0.4 is 20.6 Å². The summed E-state index contributed by atoms with van der Waals surface area (Å²) in [6.07, 6.45) is 1.69. The highest BCUT2D eigenvalue weighted by atomic mass is 127. The summed E-state index contributed by atoms with van der Waals surface area (Å²) in [6.45, 7) is 2.16. The minimum atomic E-state index is -0.536. The average molecular weight is 439 g/mol. The molecule has 0 bridgehead atoms. The molecule has 2 aromatic rings. The highest BCUT2D eigenvalue weighted by Gasteiger charge is 2.12. The Labute approximate surface area is 154 Å². The second kappa shape index (κ2) is 9.11. The minimum absolute atomic E-state index is 0.195. The molecule has 0 unspecified atom stereocenters. The zero-order valence-corrected chi connectivity index (χ0v) is 15.3.